The van der Waals surface area contributed by atoms with E-state index in [1.54, 1.807) is 12.2 Å². The van der Waals surface area contributed by atoms with Crippen LogP contribution in [0.1, 0.15) is 139 Å². The van der Waals surface area contributed by atoms with E-state index >= 15 is 0 Å². The van der Waals surface area contributed by atoms with Gasteiger partial charge in [0.2, 0.25) is 0 Å². The highest BCUT2D eigenvalue weighted by atomic mass is 17.2. The summed E-state index contributed by atoms with van der Waals surface area (Å²) >= 11 is 0. The Morgan fingerprint density at radius 3 is 1.61 bits per heavy atom. The maximum Gasteiger partial charge on any atom is 0.354 e. The first kappa shape index (κ1) is 44.7. The lowest BCUT2D eigenvalue weighted by Gasteiger charge is -2.30. The summed E-state index contributed by atoms with van der Waals surface area (Å²) in [5, 5.41) is 19.9. The number of benzene rings is 4. The van der Waals surface area contributed by atoms with Crippen molar-refractivity contribution in [1.82, 2.24) is 0 Å². The summed E-state index contributed by atoms with van der Waals surface area (Å²) in [6, 6.07) is 31.3. The summed E-state index contributed by atoms with van der Waals surface area (Å²) in [7, 11) is 0. The minimum atomic E-state index is -0.713. The normalized spacial score (nSPS) is 17.2. The van der Waals surface area contributed by atoms with Gasteiger partial charge in [-0.25, -0.2) is 4.79 Å². The van der Waals surface area contributed by atoms with Crippen molar-refractivity contribution in [1.29, 1.82) is 10.5 Å². The molecule has 0 saturated carbocycles. The summed E-state index contributed by atoms with van der Waals surface area (Å²) < 4.78 is 17.7. The van der Waals surface area contributed by atoms with E-state index < -0.39 is 11.4 Å². The van der Waals surface area contributed by atoms with Gasteiger partial charge < -0.3 is 19.1 Å². The molecule has 0 N–H and O–H groups in total. The van der Waals surface area contributed by atoms with Gasteiger partial charge in [-0.15, -0.1) is 0 Å². The van der Waals surface area contributed by atoms with Crippen molar-refractivity contribution in [2.24, 2.45) is 0 Å². The first-order chi connectivity index (χ1) is 29.4. The molecule has 0 heterocycles. The van der Waals surface area contributed by atoms with Crippen molar-refractivity contribution in [2.75, 3.05) is 19.8 Å². The standard InChI is InChI=1S/C53H60N2O6/c1-7-9-11-13-27-57-42-19-15-38(16-20-42)29-40(33-54)35-59-61-45-24-26-47-49(32-45)53(37-52(47,5)6)36-51(3,4)46-25-23-44(31-48(46)53)60-50(56)41(34-55)30-39-17-21-43(22-18-39)58-28-14-12-10-8-2/h15-26,29-32H,7-14,27-28,35-37H2,1-6H3/b40-29+,41-30+. The van der Waals surface area contributed by atoms with E-state index in [4.69, 9.17) is 24.0 Å². The molecule has 1 spiro atoms. The van der Waals surface area contributed by atoms with E-state index in [0.29, 0.717) is 35.8 Å². The van der Waals surface area contributed by atoms with Crippen LogP contribution in [0.25, 0.3) is 12.2 Å². The lowest BCUT2D eigenvalue weighted by atomic mass is 9.72. The van der Waals surface area contributed by atoms with Crippen molar-refractivity contribution in [3.8, 4) is 35.1 Å². The Morgan fingerprint density at radius 1 is 0.607 bits per heavy atom. The molecule has 0 aliphatic heterocycles. The summed E-state index contributed by atoms with van der Waals surface area (Å²) in [6.45, 7) is 14.7. The zero-order chi connectivity index (χ0) is 43.5. The highest BCUT2D eigenvalue weighted by molar-refractivity contribution is 5.99. The second-order valence-electron chi connectivity index (χ2n) is 17.8. The Morgan fingerprint density at radius 2 is 1.10 bits per heavy atom. The van der Waals surface area contributed by atoms with Gasteiger partial charge in [0, 0.05) is 5.41 Å². The van der Waals surface area contributed by atoms with E-state index in [2.05, 4.69) is 65.8 Å². The number of carbonyl (C=O) groups is 1. The molecule has 4 aromatic carbocycles. The number of carbonyl (C=O) groups excluding carboxylic acids is 1. The molecule has 61 heavy (non-hydrogen) atoms. The first-order valence-corrected chi connectivity index (χ1v) is 21.9. The third-order valence-corrected chi connectivity index (χ3v) is 12.0. The molecule has 0 aromatic heterocycles. The van der Waals surface area contributed by atoms with E-state index in [1.165, 1.54) is 43.2 Å². The number of ether oxygens (including phenoxy) is 3. The molecule has 0 amide bonds. The lowest BCUT2D eigenvalue weighted by molar-refractivity contribution is -0.197. The van der Waals surface area contributed by atoms with Crippen LogP contribution in [0.5, 0.6) is 23.0 Å². The molecule has 2 aliphatic carbocycles. The molecule has 2 aliphatic rings. The zero-order valence-electron chi connectivity index (χ0n) is 36.8. The molecule has 6 rings (SSSR count). The van der Waals surface area contributed by atoms with Gasteiger partial charge >= 0.3 is 5.97 Å². The highest BCUT2D eigenvalue weighted by Crippen LogP contribution is 2.63. The summed E-state index contributed by atoms with van der Waals surface area (Å²) in [5.41, 5.74) is 5.85. The molecule has 0 saturated heterocycles. The van der Waals surface area contributed by atoms with Gasteiger partial charge in [-0.1, -0.05) is 116 Å². The number of esters is 1. The Bertz CT molecular complexity index is 2290. The second kappa shape index (κ2) is 20.2. The van der Waals surface area contributed by atoms with Crippen LogP contribution >= 0.6 is 0 Å². The minimum absolute atomic E-state index is 0.0253. The number of rotatable bonds is 20. The van der Waals surface area contributed by atoms with Crippen molar-refractivity contribution >= 4 is 18.1 Å². The SMILES string of the molecule is CCCCCCOc1ccc(/C=C(\C#N)COOc2ccc3c(c2)C2(CC3(C)C)CC(C)(C)c3ccc(OC(=O)/C(C#N)=C/c4ccc(OCCCCCC)cc4)cc32)cc1. The first-order valence-electron chi connectivity index (χ1n) is 21.9. The van der Waals surface area contributed by atoms with Crippen molar-refractivity contribution in [3.63, 3.8) is 0 Å². The topological polar surface area (TPSA) is 111 Å². The molecule has 8 nitrogen and oxygen atoms in total. The van der Waals surface area contributed by atoms with Gasteiger partial charge in [-0.05, 0) is 131 Å². The quantitative estimate of drug-likeness (QED) is 0.0165. The molecule has 318 valence electrons. The molecule has 1 atom stereocenters. The van der Waals surface area contributed by atoms with Crippen LogP contribution in [0.15, 0.2) is 96.1 Å². The Hall–Kier alpha value is -5.83. The summed E-state index contributed by atoms with van der Waals surface area (Å²) in [6.07, 6.45) is 14.2. The van der Waals surface area contributed by atoms with Gasteiger partial charge in [-0.3, -0.25) is 0 Å². The average molecular weight is 821 g/mol. The van der Waals surface area contributed by atoms with Crippen LogP contribution in [0.2, 0.25) is 0 Å². The molecule has 0 fully saturated rings. The fourth-order valence-corrected chi connectivity index (χ4v) is 9.11. The van der Waals surface area contributed by atoms with Crippen molar-refractivity contribution in [3.05, 3.63) is 129 Å². The number of nitriles is 2. The minimum Gasteiger partial charge on any atom is -0.494 e. The molecule has 4 aromatic rings. The van der Waals surface area contributed by atoms with Gasteiger partial charge in [0.15, 0.2) is 5.75 Å². The maximum absolute atomic E-state index is 13.5. The summed E-state index contributed by atoms with van der Waals surface area (Å²) in [4.78, 5) is 25.0. The fourth-order valence-electron chi connectivity index (χ4n) is 9.11. The molecular weight excluding hydrogens is 761 g/mol. The van der Waals surface area contributed by atoms with Crippen LogP contribution in [0, 0.1) is 22.7 Å². The third-order valence-electron chi connectivity index (χ3n) is 12.0. The molecule has 0 radical (unpaired) electrons. The van der Waals surface area contributed by atoms with Gasteiger partial charge in [0.1, 0.15) is 35.5 Å². The van der Waals surface area contributed by atoms with Gasteiger partial charge in [-0.2, -0.15) is 15.4 Å². The predicted molar refractivity (Wildman–Crippen MR) is 241 cm³/mol. The average Bonchev–Trinajstić information content (AvgIpc) is 3.61. The highest BCUT2D eigenvalue weighted by Gasteiger charge is 2.56. The number of hydrogen-bond acceptors (Lipinski definition) is 8. The second-order valence-corrected chi connectivity index (χ2v) is 17.8. The number of hydrogen-bond donors (Lipinski definition) is 0. The van der Waals surface area contributed by atoms with Crippen LogP contribution < -0.4 is 19.1 Å². The van der Waals surface area contributed by atoms with Gasteiger partial charge in [0.25, 0.3) is 0 Å². The molecule has 8 heteroatoms. The van der Waals surface area contributed by atoms with E-state index in [-0.39, 0.29) is 23.0 Å². The van der Waals surface area contributed by atoms with Gasteiger partial charge in [0.05, 0.1) is 24.9 Å². The maximum atomic E-state index is 13.5. The summed E-state index contributed by atoms with van der Waals surface area (Å²) in [5.74, 6) is 1.78. The monoisotopic (exact) mass is 820 g/mol. The number of unbranched alkanes of at least 4 members (excludes halogenated alkanes) is 6. The van der Waals surface area contributed by atoms with Crippen LogP contribution in [0.3, 0.4) is 0 Å². The predicted octanol–water partition coefficient (Wildman–Crippen LogP) is 12.7. The van der Waals surface area contributed by atoms with Crippen molar-refractivity contribution < 1.29 is 28.8 Å². The Balaban J connectivity index is 1.15. The van der Waals surface area contributed by atoms with Crippen LogP contribution in [-0.2, 0) is 25.9 Å². The molecule has 1 unspecified atom stereocenters. The van der Waals surface area contributed by atoms with Crippen molar-refractivity contribution in [2.45, 2.75) is 122 Å². The Labute approximate surface area is 362 Å². The zero-order valence-corrected chi connectivity index (χ0v) is 36.8. The van der Waals surface area contributed by atoms with E-state index in [1.807, 2.05) is 72.8 Å². The lowest BCUT2D eigenvalue weighted by Crippen LogP contribution is -2.27. The van der Waals surface area contributed by atoms with E-state index in [9.17, 15) is 15.3 Å². The van der Waals surface area contributed by atoms with Crippen LogP contribution in [0.4, 0.5) is 0 Å². The van der Waals surface area contributed by atoms with Crippen LogP contribution in [-0.4, -0.2) is 25.8 Å². The largest absolute Gasteiger partial charge is 0.494 e. The number of fused-ring (bicyclic) bond motifs is 4. The Kier molecular flexibility index (Phi) is 14.8. The number of nitrogens with zero attached hydrogens (tertiary/aromatic N) is 2. The van der Waals surface area contributed by atoms with E-state index in [0.717, 1.165) is 60.3 Å². The fraction of sp³-hybridized carbons (Fsp3) is 0.415. The molecule has 0 bridgehead atoms. The smallest absolute Gasteiger partial charge is 0.354 e. The third kappa shape index (κ3) is 10.9. The molecular formula is C53H60N2O6.